The van der Waals surface area contributed by atoms with Gasteiger partial charge in [0.2, 0.25) is 0 Å². The van der Waals surface area contributed by atoms with Crippen LogP contribution in [0.25, 0.3) is 11.3 Å². The molecule has 0 amide bonds. The van der Waals surface area contributed by atoms with E-state index >= 15 is 0 Å². The third-order valence-corrected chi connectivity index (χ3v) is 2.51. The van der Waals surface area contributed by atoms with Crippen LogP contribution in [0.15, 0.2) is 36.7 Å². The topological polar surface area (TPSA) is 35.0 Å². The summed E-state index contributed by atoms with van der Waals surface area (Å²) in [7, 11) is 0. The van der Waals surface area contributed by atoms with Gasteiger partial charge in [-0.2, -0.15) is 0 Å². The van der Waals surface area contributed by atoms with Crippen LogP contribution >= 0.6 is 0 Å². The van der Waals surface area contributed by atoms with Gasteiger partial charge in [0.15, 0.2) is 0 Å². The van der Waals surface area contributed by atoms with E-state index in [9.17, 15) is 0 Å². The van der Waals surface area contributed by atoms with Gasteiger partial charge >= 0.3 is 0 Å². The summed E-state index contributed by atoms with van der Waals surface area (Å²) < 4.78 is 5.25. The number of hydrogen-bond acceptors (Lipinski definition) is 3. The first-order valence-corrected chi connectivity index (χ1v) is 5.69. The summed E-state index contributed by atoms with van der Waals surface area (Å²) in [5, 5.41) is 0. The molecule has 18 heavy (non-hydrogen) atoms. The van der Waals surface area contributed by atoms with Gasteiger partial charge in [0, 0.05) is 5.56 Å². The molecule has 0 saturated heterocycles. The first kappa shape index (κ1) is 12.3. The van der Waals surface area contributed by atoms with Crippen LogP contribution < -0.4 is 0 Å². The van der Waals surface area contributed by atoms with Crippen molar-refractivity contribution in [3.8, 4) is 23.6 Å². The van der Waals surface area contributed by atoms with Gasteiger partial charge in [-0.1, -0.05) is 35.7 Å². The molecule has 2 aromatic rings. The average Bonchev–Trinajstić information content (AvgIpc) is 2.40. The predicted octanol–water partition coefficient (Wildman–Crippen LogP) is 2.60. The number of rotatable bonds is 4. The highest BCUT2D eigenvalue weighted by Gasteiger charge is 2.01. The van der Waals surface area contributed by atoms with E-state index in [1.165, 1.54) is 5.56 Å². The number of aryl methyl sites for hydroxylation is 1. The minimum Gasteiger partial charge on any atom is -0.363 e. The van der Waals surface area contributed by atoms with E-state index in [1.807, 2.05) is 18.2 Å². The standard InChI is InChI=1S/C15H14N2O/c1-3-8-18-10-14-9-15(17-11-16-14)13-6-4-12(2)5-7-13/h1,4-7,9,11H,8,10H2,2H3. The van der Waals surface area contributed by atoms with Crippen molar-refractivity contribution in [2.45, 2.75) is 13.5 Å². The second kappa shape index (κ2) is 5.95. The Morgan fingerprint density at radius 1 is 1.22 bits per heavy atom. The Morgan fingerprint density at radius 2 is 2.00 bits per heavy atom. The van der Waals surface area contributed by atoms with Crippen molar-refractivity contribution in [1.82, 2.24) is 9.97 Å². The number of hydrogen-bond donors (Lipinski definition) is 0. The van der Waals surface area contributed by atoms with Crippen LogP contribution in [0.1, 0.15) is 11.3 Å². The van der Waals surface area contributed by atoms with Crippen LogP contribution in [0.2, 0.25) is 0 Å². The van der Waals surface area contributed by atoms with Crippen LogP contribution in [0, 0.1) is 19.3 Å². The molecular weight excluding hydrogens is 224 g/mol. The average molecular weight is 238 g/mol. The molecule has 0 aliphatic rings. The van der Waals surface area contributed by atoms with Crippen LogP contribution in [0.5, 0.6) is 0 Å². The Bertz CT molecular complexity index is 555. The highest BCUT2D eigenvalue weighted by Crippen LogP contribution is 2.17. The summed E-state index contributed by atoms with van der Waals surface area (Å²) in [6, 6.07) is 10.1. The molecule has 1 aromatic carbocycles. The zero-order valence-corrected chi connectivity index (χ0v) is 10.3. The number of aromatic nitrogens is 2. The SMILES string of the molecule is C#CCOCc1cc(-c2ccc(C)cc2)ncn1. The summed E-state index contributed by atoms with van der Waals surface area (Å²) in [5.41, 5.74) is 4.02. The molecule has 3 heteroatoms. The first-order chi connectivity index (χ1) is 8.79. The van der Waals surface area contributed by atoms with Crippen LogP contribution in [-0.4, -0.2) is 16.6 Å². The Labute approximate surface area is 107 Å². The van der Waals surface area contributed by atoms with Gasteiger partial charge in [0.25, 0.3) is 0 Å². The Balaban J connectivity index is 2.16. The molecule has 0 unspecified atom stereocenters. The zero-order chi connectivity index (χ0) is 12.8. The lowest BCUT2D eigenvalue weighted by Gasteiger charge is -2.04. The van der Waals surface area contributed by atoms with Crippen molar-refractivity contribution >= 4 is 0 Å². The zero-order valence-electron chi connectivity index (χ0n) is 10.3. The van der Waals surface area contributed by atoms with Crippen LogP contribution in [0.3, 0.4) is 0 Å². The molecular formula is C15H14N2O. The lowest BCUT2D eigenvalue weighted by Crippen LogP contribution is -1.97. The summed E-state index contributed by atoms with van der Waals surface area (Å²) >= 11 is 0. The van der Waals surface area contributed by atoms with Crippen LogP contribution in [0.4, 0.5) is 0 Å². The summed E-state index contributed by atoms with van der Waals surface area (Å²) in [4.78, 5) is 8.41. The van der Waals surface area contributed by atoms with E-state index in [4.69, 9.17) is 11.2 Å². The van der Waals surface area contributed by atoms with E-state index in [1.54, 1.807) is 6.33 Å². The molecule has 0 bridgehead atoms. The fourth-order valence-electron chi connectivity index (χ4n) is 1.57. The Morgan fingerprint density at radius 3 is 2.72 bits per heavy atom. The Kier molecular flexibility index (Phi) is 4.06. The van der Waals surface area contributed by atoms with Crippen molar-refractivity contribution in [3.63, 3.8) is 0 Å². The maximum absolute atomic E-state index is 5.25. The maximum Gasteiger partial charge on any atom is 0.116 e. The summed E-state index contributed by atoms with van der Waals surface area (Å²) in [6.45, 7) is 2.76. The largest absolute Gasteiger partial charge is 0.363 e. The molecule has 90 valence electrons. The fourth-order valence-corrected chi connectivity index (χ4v) is 1.57. The third-order valence-electron chi connectivity index (χ3n) is 2.51. The molecule has 0 fully saturated rings. The van der Waals surface area contributed by atoms with E-state index in [-0.39, 0.29) is 0 Å². The smallest absolute Gasteiger partial charge is 0.116 e. The second-order valence-electron chi connectivity index (χ2n) is 3.96. The molecule has 0 radical (unpaired) electrons. The lowest BCUT2D eigenvalue weighted by molar-refractivity contribution is 0.150. The minimum absolute atomic E-state index is 0.296. The van der Waals surface area contributed by atoms with E-state index in [0.717, 1.165) is 17.0 Å². The molecule has 0 atom stereocenters. The summed E-state index contributed by atoms with van der Waals surface area (Å²) in [6.07, 6.45) is 6.67. The van der Waals surface area contributed by atoms with Crippen LogP contribution in [-0.2, 0) is 11.3 Å². The fraction of sp³-hybridized carbons (Fsp3) is 0.200. The van der Waals surface area contributed by atoms with Gasteiger partial charge in [0.1, 0.15) is 12.9 Å². The minimum atomic E-state index is 0.296. The number of terminal acetylenes is 1. The molecule has 0 aliphatic heterocycles. The van der Waals surface area contributed by atoms with Gasteiger partial charge in [-0.05, 0) is 13.0 Å². The molecule has 2 rings (SSSR count). The quantitative estimate of drug-likeness (QED) is 0.606. The van der Waals surface area contributed by atoms with Crippen molar-refractivity contribution in [2.24, 2.45) is 0 Å². The molecule has 1 aromatic heterocycles. The van der Waals surface area contributed by atoms with Crippen molar-refractivity contribution in [3.05, 3.63) is 47.9 Å². The number of ether oxygens (including phenoxy) is 1. The number of nitrogens with zero attached hydrogens (tertiary/aromatic N) is 2. The molecule has 0 N–H and O–H groups in total. The molecule has 0 aliphatic carbocycles. The molecule has 3 nitrogen and oxygen atoms in total. The Hall–Kier alpha value is -2.18. The second-order valence-corrected chi connectivity index (χ2v) is 3.96. The highest BCUT2D eigenvalue weighted by atomic mass is 16.5. The molecule has 1 heterocycles. The summed E-state index contributed by atoms with van der Waals surface area (Å²) in [5.74, 6) is 2.42. The van der Waals surface area contributed by atoms with Crippen molar-refractivity contribution in [2.75, 3.05) is 6.61 Å². The van der Waals surface area contributed by atoms with E-state index < -0.39 is 0 Å². The van der Waals surface area contributed by atoms with E-state index in [2.05, 4.69) is 34.9 Å². The van der Waals surface area contributed by atoms with Gasteiger partial charge < -0.3 is 4.74 Å². The molecule has 0 saturated carbocycles. The van der Waals surface area contributed by atoms with Gasteiger partial charge in [-0.15, -0.1) is 6.42 Å². The number of benzene rings is 1. The van der Waals surface area contributed by atoms with Crippen molar-refractivity contribution in [1.29, 1.82) is 0 Å². The third kappa shape index (κ3) is 3.16. The first-order valence-electron chi connectivity index (χ1n) is 5.69. The lowest BCUT2D eigenvalue weighted by atomic mass is 10.1. The normalized spacial score (nSPS) is 10.0. The molecule has 0 spiro atoms. The predicted molar refractivity (Wildman–Crippen MR) is 70.7 cm³/mol. The monoisotopic (exact) mass is 238 g/mol. The van der Waals surface area contributed by atoms with Gasteiger partial charge in [-0.25, -0.2) is 9.97 Å². The van der Waals surface area contributed by atoms with Crippen molar-refractivity contribution < 1.29 is 4.74 Å². The van der Waals surface area contributed by atoms with Gasteiger partial charge in [0.05, 0.1) is 18.0 Å². The highest BCUT2D eigenvalue weighted by molar-refractivity contribution is 5.59. The van der Waals surface area contributed by atoms with E-state index in [0.29, 0.717) is 13.2 Å². The maximum atomic E-state index is 5.25. The van der Waals surface area contributed by atoms with Gasteiger partial charge in [-0.3, -0.25) is 0 Å².